The molecule has 11 heavy (non-hydrogen) atoms. The van der Waals surface area contributed by atoms with Crippen molar-refractivity contribution in [2.45, 2.75) is 33.1 Å². The fourth-order valence-corrected chi connectivity index (χ4v) is 1.54. The first-order valence-corrected chi connectivity index (χ1v) is 4.34. The molecule has 0 radical (unpaired) electrons. The summed E-state index contributed by atoms with van der Waals surface area (Å²) in [4.78, 5) is 10.9. The number of carbonyl (C=O) groups is 1. The molecule has 1 aliphatic rings. The first-order chi connectivity index (χ1) is 5.18. The first kappa shape index (κ1) is 8.57. The zero-order valence-corrected chi connectivity index (χ0v) is 7.30. The molecule has 2 atom stereocenters. The van der Waals surface area contributed by atoms with E-state index in [9.17, 15) is 4.79 Å². The van der Waals surface area contributed by atoms with Crippen LogP contribution in [0.25, 0.3) is 0 Å². The van der Waals surface area contributed by atoms with E-state index in [2.05, 4.69) is 13.8 Å². The summed E-state index contributed by atoms with van der Waals surface area (Å²) in [5, 5.41) is 0. The van der Waals surface area contributed by atoms with E-state index >= 15 is 0 Å². The second-order valence-electron chi connectivity index (χ2n) is 3.67. The van der Waals surface area contributed by atoms with Gasteiger partial charge in [0, 0.05) is 6.42 Å². The number of carbonyl (C=O) groups excluding carboxylic acids is 1. The van der Waals surface area contributed by atoms with Crippen molar-refractivity contribution in [3.05, 3.63) is 0 Å². The molecule has 0 amide bonds. The van der Waals surface area contributed by atoms with Crippen molar-refractivity contribution in [2.75, 3.05) is 6.61 Å². The van der Waals surface area contributed by atoms with E-state index in [-0.39, 0.29) is 5.97 Å². The van der Waals surface area contributed by atoms with Crippen molar-refractivity contribution < 1.29 is 9.53 Å². The zero-order chi connectivity index (χ0) is 8.27. The molecule has 2 unspecified atom stereocenters. The van der Waals surface area contributed by atoms with E-state index in [4.69, 9.17) is 4.74 Å². The molecule has 0 aliphatic carbocycles. The van der Waals surface area contributed by atoms with Crippen LogP contribution >= 0.6 is 0 Å². The van der Waals surface area contributed by atoms with Gasteiger partial charge in [-0.15, -0.1) is 0 Å². The summed E-state index contributed by atoms with van der Waals surface area (Å²) in [5.74, 6) is 1.19. The maximum atomic E-state index is 10.9. The van der Waals surface area contributed by atoms with Gasteiger partial charge in [0.1, 0.15) is 0 Å². The summed E-state index contributed by atoms with van der Waals surface area (Å²) in [7, 11) is 0. The number of esters is 1. The van der Waals surface area contributed by atoms with Crippen LogP contribution in [-0.2, 0) is 9.53 Å². The Morgan fingerprint density at radius 1 is 1.36 bits per heavy atom. The van der Waals surface area contributed by atoms with Crippen LogP contribution in [0.1, 0.15) is 33.1 Å². The van der Waals surface area contributed by atoms with Crippen molar-refractivity contribution in [3.8, 4) is 0 Å². The van der Waals surface area contributed by atoms with Gasteiger partial charge in [0.25, 0.3) is 0 Å². The topological polar surface area (TPSA) is 26.3 Å². The second-order valence-corrected chi connectivity index (χ2v) is 3.67. The van der Waals surface area contributed by atoms with E-state index in [1.54, 1.807) is 0 Å². The average Bonchev–Trinajstić information content (AvgIpc) is 1.95. The van der Waals surface area contributed by atoms with Gasteiger partial charge < -0.3 is 4.74 Å². The van der Waals surface area contributed by atoms with Gasteiger partial charge in [0.15, 0.2) is 0 Å². The quantitative estimate of drug-likeness (QED) is 0.501. The van der Waals surface area contributed by atoms with Crippen LogP contribution in [0.3, 0.4) is 0 Å². The predicted octanol–water partition coefficient (Wildman–Crippen LogP) is 1.99. The van der Waals surface area contributed by atoms with E-state index in [0.29, 0.717) is 24.9 Å². The predicted molar refractivity (Wildman–Crippen MR) is 43.1 cm³/mol. The fraction of sp³-hybridized carbons (Fsp3) is 0.889. The van der Waals surface area contributed by atoms with Gasteiger partial charge in [-0.25, -0.2) is 0 Å². The van der Waals surface area contributed by atoms with Crippen LogP contribution in [0.2, 0.25) is 0 Å². The minimum absolute atomic E-state index is 0.0246. The number of hydrogen-bond acceptors (Lipinski definition) is 2. The SMILES string of the molecule is CC1CCC(=O)OCC(C)C1. The van der Waals surface area contributed by atoms with Crippen LogP contribution in [-0.4, -0.2) is 12.6 Å². The van der Waals surface area contributed by atoms with Gasteiger partial charge in [-0.05, 0) is 24.7 Å². The van der Waals surface area contributed by atoms with Gasteiger partial charge in [-0.3, -0.25) is 4.79 Å². The Balaban J connectivity index is 2.40. The Bertz CT molecular complexity index is 128. The molecule has 1 saturated heterocycles. The Morgan fingerprint density at radius 3 is 2.82 bits per heavy atom. The summed E-state index contributed by atoms with van der Waals surface area (Å²) in [6.07, 6.45) is 2.78. The lowest BCUT2D eigenvalue weighted by Crippen LogP contribution is -2.18. The highest BCUT2D eigenvalue weighted by Crippen LogP contribution is 2.20. The maximum Gasteiger partial charge on any atom is 0.305 e. The lowest BCUT2D eigenvalue weighted by Gasteiger charge is -2.20. The minimum atomic E-state index is -0.0246. The number of ether oxygens (including phenoxy) is 1. The van der Waals surface area contributed by atoms with Crippen molar-refractivity contribution in [3.63, 3.8) is 0 Å². The van der Waals surface area contributed by atoms with E-state index in [1.165, 1.54) is 6.42 Å². The van der Waals surface area contributed by atoms with E-state index < -0.39 is 0 Å². The highest BCUT2D eigenvalue weighted by atomic mass is 16.5. The van der Waals surface area contributed by atoms with Crippen molar-refractivity contribution in [1.29, 1.82) is 0 Å². The third kappa shape index (κ3) is 2.91. The van der Waals surface area contributed by atoms with Gasteiger partial charge in [-0.1, -0.05) is 13.8 Å². The van der Waals surface area contributed by atoms with Crippen molar-refractivity contribution in [2.24, 2.45) is 11.8 Å². The molecule has 0 aromatic heterocycles. The van der Waals surface area contributed by atoms with Crippen LogP contribution in [0.5, 0.6) is 0 Å². The molecule has 0 bridgehead atoms. The summed E-state index contributed by atoms with van der Waals surface area (Å²) in [5.41, 5.74) is 0. The Morgan fingerprint density at radius 2 is 2.09 bits per heavy atom. The molecule has 0 aromatic rings. The van der Waals surface area contributed by atoms with Crippen LogP contribution in [0.15, 0.2) is 0 Å². The molecule has 1 fully saturated rings. The monoisotopic (exact) mass is 156 g/mol. The lowest BCUT2D eigenvalue weighted by molar-refractivity contribution is -0.146. The summed E-state index contributed by atoms with van der Waals surface area (Å²) in [6, 6.07) is 0. The molecule has 2 nitrogen and oxygen atoms in total. The van der Waals surface area contributed by atoms with Gasteiger partial charge in [0.05, 0.1) is 6.61 Å². The van der Waals surface area contributed by atoms with Crippen molar-refractivity contribution in [1.82, 2.24) is 0 Å². The van der Waals surface area contributed by atoms with Gasteiger partial charge in [0.2, 0.25) is 0 Å². The second kappa shape index (κ2) is 3.74. The number of cyclic esters (lactones) is 1. The molecule has 0 aromatic carbocycles. The standard InChI is InChI=1S/C9H16O2/c1-7-3-4-9(10)11-6-8(2)5-7/h7-8H,3-6H2,1-2H3. The van der Waals surface area contributed by atoms with Crippen LogP contribution < -0.4 is 0 Å². The minimum Gasteiger partial charge on any atom is -0.465 e. The average molecular weight is 156 g/mol. The lowest BCUT2D eigenvalue weighted by atomic mass is 9.93. The smallest absolute Gasteiger partial charge is 0.305 e. The molecule has 64 valence electrons. The largest absolute Gasteiger partial charge is 0.465 e. The summed E-state index contributed by atoms with van der Waals surface area (Å²) in [6.45, 7) is 4.95. The Kier molecular flexibility index (Phi) is 2.92. The molecule has 0 spiro atoms. The molecular formula is C9H16O2. The first-order valence-electron chi connectivity index (χ1n) is 4.34. The van der Waals surface area contributed by atoms with Crippen LogP contribution in [0.4, 0.5) is 0 Å². The van der Waals surface area contributed by atoms with Crippen LogP contribution in [0, 0.1) is 11.8 Å². The summed E-state index contributed by atoms with van der Waals surface area (Å²) < 4.78 is 5.00. The molecule has 0 N–H and O–H groups in total. The Hall–Kier alpha value is -0.530. The van der Waals surface area contributed by atoms with Gasteiger partial charge >= 0.3 is 5.97 Å². The Labute approximate surface area is 67.9 Å². The molecule has 1 rings (SSSR count). The molecule has 2 heteroatoms. The van der Waals surface area contributed by atoms with Crippen molar-refractivity contribution >= 4 is 5.97 Å². The third-order valence-corrected chi connectivity index (χ3v) is 2.17. The zero-order valence-electron chi connectivity index (χ0n) is 7.30. The fourth-order valence-electron chi connectivity index (χ4n) is 1.54. The summed E-state index contributed by atoms with van der Waals surface area (Å²) >= 11 is 0. The molecular weight excluding hydrogens is 140 g/mol. The number of rotatable bonds is 0. The molecule has 1 aliphatic heterocycles. The third-order valence-electron chi connectivity index (χ3n) is 2.17. The number of hydrogen-bond donors (Lipinski definition) is 0. The molecule has 0 saturated carbocycles. The van der Waals surface area contributed by atoms with Gasteiger partial charge in [-0.2, -0.15) is 0 Å². The highest BCUT2D eigenvalue weighted by Gasteiger charge is 2.16. The van der Waals surface area contributed by atoms with E-state index in [1.807, 2.05) is 0 Å². The molecule has 1 heterocycles. The normalized spacial score (nSPS) is 33.8. The maximum absolute atomic E-state index is 10.9. The van der Waals surface area contributed by atoms with E-state index in [0.717, 1.165) is 6.42 Å². The highest BCUT2D eigenvalue weighted by molar-refractivity contribution is 5.69.